The van der Waals surface area contributed by atoms with Crippen molar-refractivity contribution in [2.75, 3.05) is 17.7 Å². The number of nitrogens with zero attached hydrogens (tertiary/aromatic N) is 1. The van der Waals surface area contributed by atoms with Crippen LogP contribution in [0.2, 0.25) is 0 Å². The molecule has 0 radical (unpaired) electrons. The number of aromatic nitrogens is 1. The van der Waals surface area contributed by atoms with Crippen molar-refractivity contribution in [1.29, 1.82) is 0 Å². The molecule has 0 aliphatic rings. The molecule has 0 bridgehead atoms. The Morgan fingerprint density at radius 2 is 1.66 bits per heavy atom. The number of hydrogen-bond donors (Lipinski definition) is 3. The van der Waals surface area contributed by atoms with Gasteiger partial charge in [-0.05, 0) is 54.1 Å². The van der Waals surface area contributed by atoms with E-state index in [2.05, 4.69) is 15.6 Å². The number of aliphatic carboxylic acids is 1. The average molecular weight is 548 g/mol. The van der Waals surface area contributed by atoms with Gasteiger partial charge in [0.1, 0.15) is 11.0 Å². The van der Waals surface area contributed by atoms with E-state index in [0.29, 0.717) is 10.8 Å². The number of nitrogens with one attached hydrogen (secondary N) is 2. The summed E-state index contributed by atoms with van der Waals surface area (Å²) in [7, 11) is 1.62. The molecule has 4 rings (SSSR count). The van der Waals surface area contributed by atoms with Crippen LogP contribution in [-0.2, 0) is 14.4 Å². The van der Waals surface area contributed by atoms with E-state index < -0.39 is 11.2 Å². The highest BCUT2D eigenvalue weighted by Gasteiger charge is 2.23. The summed E-state index contributed by atoms with van der Waals surface area (Å²) < 4.78 is 5.21. The van der Waals surface area contributed by atoms with Crippen molar-refractivity contribution in [3.8, 4) is 17.0 Å². The number of ether oxygens (including phenoxy) is 1. The van der Waals surface area contributed by atoms with Crippen LogP contribution in [0, 0.1) is 0 Å². The lowest BCUT2D eigenvalue weighted by Gasteiger charge is -2.16. The van der Waals surface area contributed by atoms with Crippen molar-refractivity contribution in [3.05, 3.63) is 89.8 Å². The van der Waals surface area contributed by atoms with Crippen molar-refractivity contribution in [3.63, 3.8) is 0 Å². The summed E-state index contributed by atoms with van der Waals surface area (Å²) in [5.74, 6) is -0.838. The Bertz CT molecular complexity index is 1390. The number of carboxylic acid groups (broad SMARTS) is 1. The lowest BCUT2D eigenvalue weighted by atomic mass is 10.1. The minimum absolute atomic E-state index is 0.0982. The maximum absolute atomic E-state index is 13.4. The normalized spacial score (nSPS) is 11.4. The molecule has 3 aromatic carbocycles. The predicted molar refractivity (Wildman–Crippen MR) is 150 cm³/mol. The largest absolute Gasteiger partial charge is 0.497 e. The van der Waals surface area contributed by atoms with Crippen molar-refractivity contribution in [2.24, 2.45) is 0 Å². The van der Waals surface area contributed by atoms with Gasteiger partial charge < -0.3 is 20.5 Å². The summed E-state index contributed by atoms with van der Waals surface area (Å²) >= 11 is 2.73. The minimum Gasteiger partial charge on any atom is -0.497 e. The Labute approximate surface area is 228 Å². The lowest BCUT2D eigenvalue weighted by molar-refractivity contribution is -0.138. The number of thiazole rings is 1. The first-order valence-electron chi connectivity index (χ1n) is 11.7. The Hall–Kier alpha value is -4.15. The number of methoxy groups -OCH3 is 1. The summed E-state index contributed by atoms with van der Waals surface area (Å²) in [5.41, 5.74) is 3.08. The molecule has 0 spiro atoms. The SMILES string of the molecule is COc1ccc(-c2csc(NC(=O)C(Sc3ccc(NC(=O)CCC(=O)O)cc3)c3ccccc3)n2)cc1. The van der Waals surface area contributed by atoms with Gasteiger partial charge in [0, 0.05) is 27.9 Å². The van der Waals surface area contributed by atoms with Gasteiger partial charge in [-0.1, -0.05) is 30.3 Å². The maximum atomic E-state index is 13.4. The molecule has 1 aromatic heterocycles. The molecule has 1 unspecified atom stereocenters. The smallest absolute Gasteiger partial charge is 0.303 e. The number of hydrogen-bond acceptors (Lipinski definition) is 7. The standard InChI is InChI=1S/C28H25N3O5S2/c1-36-21-11-7-18(8-12-21)23-17-37-28(30-23)31-27(35)26(19-5-3-2-4-6-19)38-22-13-9-20(10-14-22)29-24(32)15-16-25(33)34/h2-14,17,26H,15-16H2,1H3,(H,29,32)(H,33,34)(H,30,31,35). The van der Waals surface area contributed by atoms with Crippen LogP contribution < -0.4 is 15.4 Å². The minimum atomic E-state index is -1.02. The lowest BCUT2D eigenvalue weighted by Crippen LogP contribution is -2.19. The number of carbonyl (C=O) groups is 3. The fourth-order valence-corrected chi connectivity index (χ4v) is 5.24. The number of rotatable bonds is 11. The number of amides is 2. The number of carboxylic acids is 1. The van der Waals surface area contributed by atoms with Gasteiger partial charge in [-0.15, -0.1) is 23.1 Å². The van der Waals surface area contributed by atoms with E-state index in [4.69, 9.17) is 9.84 Å². The molecule has 10 heteroatoms. The second-order valence-electron chi connectivity index (χ2n) is 8.13. The van der Waals surface area contributed by atoms with E-state index in [-0.39, 0.29) is 24.7 Å². The number of carbonyl (C=O) groups excluding carboxylic acids is 2. The quantitative estimate of drug-likeness (QED) is 0.194. The summed E-state index contributed by atoms with van der Waals surface area (Å²) in [4.78, 5) is 41.4. The van der Waals surface area contributed by atoms with Gasteiger partial charge in [-0.25, -0.2) is 4.98 Å². The molecule has 0 aliphatic carbocycles. The van der Waals surface area contributed by atoms with Gasteiger partial charge in [0.05, 0.1) is 19.2 Å². The highest BCUT2D eigenvalue weighted by Crippen LogP contribution is 2.37. The van der Waals surface area contributed by atoms with Gasteiger partial charge in [0.15, 0.2) is 5.13 Å². The van der Waals surface area contributed by atoms with E-state index in [0.717, 1.165) is 27.5 Å². The molecule has 3 N–H and O–H groups in total. The highest BCUT2D eigenvalue weighted by atomic mass is 32.2. The van der Waals surface area contributed by atoms with Crippen molar-refractivity contribution in [1.82, 2.24) is 4.98 Å². The fourth-order valence-electron chi connectivity index (χ4n) is 3.49. The zero-order valence-corrected chi connectivity index (χ0v) is 22.1. The molecule has 0 saturated heterocycles. The van der Waals surface area contributed by atoms with Crippen LogP contribution >= 0.6 is 23.1 Å². The number of anilines is 2. The Balaban J connectivity index is 1.45. The van der Waals surface area contributed by atoms with E-state index >= 15 is 0 Å². The van der Waals surface area contributed by atoms with Gasteiger partial charge in [-0.2, -0.15) is 0 Å². The third kappa shape index (κ3) is 7.44. The molecule has 38 heavy (non-hydrogen) atoms. The molecule has 0 aliphatic heterocycles. The van der Waals surface area contributed by atoms with Crippen LogP contribution in [0.25, 0.3) is 11.3 Å². The molecular weight excluding hydrogens is 522 g/mol. The van der Waals surface area contributed by atoms with Crippen molar-refractivity contribution >= 4 is 51.7 Å². The summed E-state index contributed by atoms with van der Waals surface area (Å²) in [6.45, 7) is 0. The van der Waals surface area contributed by atoms with Crippen LogP contribution in [0.4, 0.5) is 10.8 Å². The van der Waals surface area contributed by atoms with Gasteiger partial charge in [0.2, 0.25) is 11.8 Å². The maximum Gasteiger partial charge on any atom is 0.303 e. The first kappa shape index (κ1) is 26.9. The van der Waals surface area contributed by atoms with E-state index in [1.165, 1.54) is 23.1 Å². The molecule has 0 fully saturated rings. The van der Waals surface area contributed by atoms with Gasteiger partial charge in [0.25, 0.3) is 0 Å². The first-order valence-corrected chi connectivity index (χ1v) is 13.4. The third-order valence-corrected chi connectivity index (χ3v) is 7.44. The van der Waals surface area contributed by atoms with Crippen LogP contribution in [-0.4, -0.2) is 35.0 Å². The van der Waals surface area contributed by atoms with Crippen molar-refractivity contribution < 1.29 is 24.2 Å². The Morgan fingerprint density at radius 3 is 2.32 bits per heavy atom. The molecule has 1 heterocycles. The van der Waals surface area contributed by atoms with Crippen LogP contribution in [0.1, 0.15) is 23.7 Å². The number of benzene rings is 3. The highest BCUT2D eigenvalue weighted by molar-refractivity contribution is 8.00. The molecule has 194 valence electrons. The second-order valence-corrected chi connectivity index (χ2v) is 10.2. The number of thioether (sulfide) groups is 1. The van der Waals surface area contributed by atoms with Crippen LogP contribution in [0.3, 0.4) is 0 Å². The van der Waals surface area contributed by atoms with E-state index in [9.17, 15) is 14.4 Å². The van der Waals surface area contributed by atoms with E-state index in [1.807, 2.05) is 72.1 Å². The summed E-state index contributed by atoms with van der Waals surface area (Å²) in [6.07, 6.45) is -0.326. The second kappa shape index (κ2) is 12.9. The average Bonchev–Trinajstić information content (AvgIpc) is 3.40. The molecule has 8 nitrogen and oxygen atoms in total. The summed E-state index contributed by atoms with van der Waals surface area (Å²) in [6, 6.07) is 24.1. The van der Waals surface area contributed by atoms with Crippen LogP contribution in [0.15, 0.2) is 89.1 Å². The van der Waals surface area contributed by atoms with Gasteiger partial charge in [-0.3, -0.25) is 14.4 Å². The topological polar surface area (TPSA) is 118 Å². The zero-order valence-electron chi connectivity index (χ0n) is 20.4. The Morgan fingerprint density at radius 1 is 0.947 bits per heavy atom. The molecule has 4 aromatic rings. The fraction of sp³-hybridized carbons (Fsp3) is 0.143. The Kier molecular flexibility index (Phi) is 9.12. The van der Waals surface area contributed by atoms with Crippen molar-refractivity contribution in [2.45, 2.75) is 23.0 Å². The summed E-state index contributed by atoms with van der Waals surface area (Å²) in [5, 5.41) is 16.2. The predicted octanol–water partition coefficient (Wildman–Crippen LogP) is 6.09. The molecule has 0 saturated carbocycles. The van der Waals surface area contributed by atoms with E-state index in [1.54, 1.807) is 19.2 Å². The first-order chi connectivity index (χ1) is 18.4. The molecular formula is C28H25N3O5S2. The molecule has 1 atom stereocenters. The third-order valence-electron chi connectivity index (χ3n) is 5.42. The molecule has 2 amide bonds. The van der Waals surface area contributed by atoms with Gasteiger partial charge >= 0.3 is 5.97 Å². The monoisotopic (exact) mass is 547 g/mol. The zero-order chi connectivity index (χ0) is 26.9. The van der Waals surface area contributed by atoms with Crippen LogP contribution in [0.5, 0.6) is 5.75 Å².